The lowest BCUT2D eigenvalue weighted by Crippen LogP contribution is -2.49. The van der Waals surface area contributed by atoms with Crippen LogP contribution in [-0.2, 0) is 4.79 Å². The maximum atomic E-state index is 13.0. The van der Waals surface area contributed by atoms with Gasteiger partial charge in [0.2, 0.25) is 0 Å². The molecule has 0 aliphatic carbocycles. The topological polar surface area (TPSA) is 35.6 Å². The minimum Gasteiger partial charge on any atom is -0.351 e. The number of anilines is 1. The molecule has 1 unspecified atom stereocenters. The van der Waals surface area contributed by atoms with Crippen LogP contribution in [0.2, 0.25) is 0 Å². The first-order chi connectivity index (χ1) is 12.4. The summed E-state index contributed by atoms with van der Waals surface area (Å²) in [5, 5.41) is 3.93. The molecule has 0 spiro atoms. The molecule has 0 radical (unpaired) electrons. The van der Waals surface area contributed by atoms with Gasteiger partial charge in [-0.3, -0.25) is 9.69 Å². The Balaban J connectivity index is 2.15. The Kier molecular flexibility index (Phi) is 5.44. The lowest BCUT2D eigenvalue weighted by atomic mass is 9.94. The van der Waals surface area contributed by atoms with Crippen molar-refractivity contribution in [3.63, 3.8) is 0 Å². The minimum absolute atomic E-state index is 0.0358. The van der Waals surface area contributed by atoms with Crippen LogP contribution in [0.3, 0.4) is 0 Å². The number of halogens is 1. The Morgan fingerprint density at radius 2 is 1.73 bits per heavy atom. The summed E-state index contributed by atoms with van der Waals surface area (Å²) in [5.41, 5.74) is 3.45. The van der Waals surface area contributed by atoms with Crippen molar-refractivity contribution >= 4 is 44.9 Å². The number of benzene rings is 2. The van der Waals surface area contributed by atoms with Crippen molar-refractivity contribution in [1.29, 1.82) is 0 Å². The zero-order chi connectivity index (χ0) is 18.8. The van der Waals surface area contributed by atoms with Crippen LogP contribution in [0.4, 0.5) is 5.69 Å². The third kappa shape index (κ3) is 3.52. The molecule has 134 valence electrons. The molecular weight excluding hydrogens is 410 g/mol. The van der Waals surface area contributed by atoms with Crippen molar-refractivity contribution in [2.75, 3.05) is 19.0 Å². The van der Waals surface area contributed by atoms with Crippen LogP contribution >= 0.6 is 28.1 Å². The first-order valence-corrected chi connectivity index (χ1v) is 9.44. The summed E-state index contributed by atoms with van der Waals surface area (Å²) >= 11 is 9.10. The number of carbonyl (C=O) groups excluding carboxylic acids is 1. The van der Waals surface area contributed by atoms with Crippen LogP contribution < -0.4 is 10.2 Å². The van der Waals surface area contributed by atoms with Gasteiger partial charge in [0, 0.05) is 30.0 Å². The van der Waals surface area contributed by atoms with E-state index in [1.807, 2.05) is 66.4 Å². The molecule has 0 aromatic heterocycles. The quantitative estimate of drug-likeness (QED) is 0.739. The Labute approximate surface area is 167 Å². The van der Waals surface area contributed by atoms with Crippen molar-refractivity contribution in [1.82, 2.24) is 10.2 Å². The van der Waals surface area contributed by atoms with Gasteiger partial charge in [-0.15, -0.1) is 0 Å². The number of nitrogens with zero attached hydrogens (tertiary/aromatic N) is 2. The second kappa shape index (κ2) is 7.60. The van der Waals surface area contributed by atoms with E-state index in [2.05, 4.69) is 21.2 Å². The number of nitrogens with one attached hydrogen (secondary N) is 1. The van der Waals surface area contributed by atoms with Gasteiger partial charge in [-0.25, -0.2) is 0 Å². The van der Waals surface area contributed by atoms with Gasteiger partial charge in [-0.1, -0.05) is 46.3 Å². The number of carbonyl (C=O) groups is 1. The van der Waals surface area contributed by atoms with Gasteiger partial charge in [0.25, 0.3) is 5.91 Å². The predicted octanol–water partition coefficient (Wildman–Crippen LogP) is 4.25. The van der Waals surface area contributed by atoms with Gasteiger partial charge in [-0.2, -0.15) is 0 Å². The molecule has 0 saturated heterocycles. The van der Waals surface area contributed by atoms with Crippen LogP contribution in [0.25, 0.3) is 0 Å². The molecule has 2 aromatic rings. The molecule has 0 fully saturated rings. The lowest BCUT2D eigenvalue weighted by molar-refractivity contribution is -0.125. The monoisotopic (exact) mass is 429 g/mol. The van der Waals surface area contributed by atoms with Crippen molar-refractivity contribution in [2.45, 2.75) is 13.0 Å². The molecule has 1 aliphatic heterocycles. The minimum atomic E-state index is -0.287. The first kappa shape index (κ1) is 18.6. The maximum absolute atomic E-state index is 13.0. The normalized spacial score (nSPS) is 17.2. The van der Waals surface area contributed by atoms with Gasteiger partial charge >= 0.3 is 0 Å². The van der Waals surface area contributed by atoms with E-state index >= 15 is 0 Å². The molecule has 0 saturated carbocycles. The molecule has 1 aliphatic rings. The molecule has 1 amide bonds. The highest BCUT2D eigenvalue weighted by Gasteiger charge is 2.35. The molecular formula is C20H20BrN3OS. The van der Waals surface area contributed by atoms with E-state index in [0.717, 1.165) is 21.4 Å². The van der Waals surface area contributed by atoms with E-state index in [1.54, 1.807) is 19.0 Å². The average molecular weight is 430 g/mol. The smallest absolute Gasteiger partial charge is 0.253 e. The number of allylic oxidation sites excluding steroid dienone is 1. The molecule has 26 heavy (non-hydrogen) atoms. The summed E-state index contributed by atoms with van der Waals surface area (Å²) in [6.07, 6.45) is 0. The number of hydrogen-bond acceptors (Lipinski definition) is 2. The summed E-state index contributed by atoms with van der Waals surface area (Å²) in [5.74, 6) is -0.0358. The Morgan fingerprint density at radius 3 is 2.31 bits per heavy atom. The Bertz CT molecular complexity index is 862. The highest BCUT2D eigenvalue weighted by atomic mass is 79.9. The number of likely N-dealkylation sites (N-methyl/N-ethyl adjacent to an activating group) is 1. The largest absolute Gasteiger partial charge is 0.351 e. The fraction of sp³-hybridized carbons (Fsp3) is 0.200. The zero-order valence-corrected chi connectivity index (χ0v) is 17.3. The first-order valence-electron chi connectivity index (χ1n) is 8.23. The van der Waals surface area contributed by atoms with Crippen LogP contribution in [0.1, 0.15) is 18.5 Å². The van der Waals surface area contributed by atoms with Gasteiger partial charge in [-0.05, 0) is 49.0 Å². The van der Waals surface area contributed by atoms with Crippen LogP contribution in [0.15, 0.2) is 70.3 Å². The number of para-hydroxylation sites is 1. The number of hydrogen-bond donors (Lipinski definition) is 1. The third-order valence-electron chi connectivity index (χ3n) is 4.34. The summed E-state index contributed by atoms with van der Waals surface area (Å²) < 4.78 is 0.992. The fourth-order valence-electron chi connectivity index (χ4n) is 3.05. The summed E-state index contributed by atoms with van der Waals surface area (Å²) in [6, 6.07) is 17.5. The molecule has 1 N–H and O–H groups in total. The molecule has 6 heteroatoms. The Hall–Kier alpha value is -2.18. The van der Waals surface area contributed by atoms with Gasteiger partial charge < -0.3 is 10.2 Å². The van der Waals surface area contributed by atoms with Crippen molar-refractivity contribution in [3.8, 4) is 0 Å². The van der Waals surface area contributed by atoms with Gasteiger partial charge in [0.15, 0.2) is 5.11 Å². The van der Waals surface area contributed by atoms with E-state index in [9.17, 15) is 4.79 Å². The van der Waals surface area contributed by atoms with Crippen LogP contribution in [0.5, 0.6) is 0 Å². The fourth-order valence-corrected chi connectivity index (χ4v) is 3.68. The highest BCUT2D eigenvalue weighted by Crippen LogP contribution is 2.34. The SMILES string of the molecule is CC1=C(C(=O)N(C)C)C(c2ccc(Br)cc2)NC(=S)N1c1ccccc1. The van der Waals surface area contributed by atoms with Gasteiger partial charge in [0.1, 0.15) is 0 Å². The van der Waals surface area contributed by atoms with Gasteiger partial charge in [0.05, 0.1) is 11.6 Å². The zero-order valence-electron chi connectivity index (χ0n) is 14.9. The molecule has 4 nitrogen and oxygen atoms in total. The highest BCUT2D eigenvalue weighted by molar-refractivity contribution is 9.10. The second-order valence-corrected chi connectivity index (χ2v) is 7.61. The molecule has 1 heterocycles. The summed E-state index contributed by atoms with van der Waals surface area (Å²) in [6.45, 7) is 1.95. The van der Waals surface area contributed by atoms with Crippen LogP contribution in [0, 0.1) is 0 Å². The lowest BCUT2D eigenvalue weighted by Gasteiger charge is -2.38. The second-order valence-electron chi connectivity index (χ2n) is 6.30. The standard InChI is InChI=1S/C20H20BrN3OS/c1-13-17(19(25)23(2)3)18(14-9-11-15(21)12-10-14)22-20(26)24(13)16-7-5-4-6-8-16/h4-12,18H,1-3H3,(H,22,26). The summed E-state index contributed by atoms with van der Waals surface area (Å²) in [4.78, 5) is 16.5. The number of amides is 1. The van der Waals surface area contributed by atoms with E-state index in [0.29, 0.717) is 10.7 Å². The predicted molar refractivity (Wildman–Crippen MR) is 113 cm³/mol. The van der Waals surface area contributed by atoms with E-state index < -0.39 is 0 Å². The van der Waals surface area contributed by atoms with Crippen LogP contribution in [-0.4, -0.2) is 30.0 Å². The molecule has 0 bridgehead atoms. The molecule has 3 rings (SSSR count). The Morgan fingerprint density at radius 1 is 1.12 bits per heavy atom. The van der Waals surface area contributed by atoms with Crippen molar-refractivity contribution < 1.29 is 4.79 Å². The van der Waals surface area contributed by atoms with E-state index in [4.69, 9.17) is 12.2 Å². The summed E-state index contributed by atoms with van der Waals surface area (Å²) in [7, 11) is 3.53. The average Bonchev–Trinajstić information content (AvgIpc) is 2.62. The maximum Gasteiger partial charge on any atom is 0.253 e. The number of thiocarbonyl (C=S) groups is 1. The molecule has 1 atom stereocenters. The van der Waals surface area contributed by atoms with Crippen molar-refractivity contribution in [2.24, 2.45) is 0 Å². The van der Waals surface area contributed by atoms with Crippen molar-refractivity contribution in [3.05, 3.63) is 75.9 Å². The van der Waals surface area contributed by atoms with E-state index in [1.165, 1.54) is 0 Å². The third-order valence-corrected chi connectivity index (χ3v) is 5.17. The van der Waals surface area contributed by atoms with E-state index in [-0.39, 0.29) is 11.9 Å². The molecule has 2 aromatic carbocycles. The number of rotatable bonds is 3.